The molecule has 1 aliphatic rings. The van der Waals surface area contributed by atoms with E-state index in [4.69, 9.17) is 0 Å². The summed E-state index contributed by atoms with van der Waals surface area (Å²) in [5.74, 6) is 0.800. The van der Waals surface area contributed by atoms with Crippen LogP contribution in [0.25, 0.3) is 0 Å². The zero-order valence-electron chi connectivity index (χ0n) is 14.4. The summed E-state index contributed by atoms with van der Waals surface area (Å²) in [6.45, 7) is 8.70. The second-order valence-corrected chi connectivity index (χ2v) is 5.98. The second kappa shape index (κ2) is 8.56. The van der Waals surface area contributed by atoms with Gasteiger partial charge in [-0.3, -0.25) is 4.79 Å². The third kappa shape index (κ3) is 4.98. The van der Waals surface area contributed by atoms with E-state index in [9.17, 15) is 4.79 Å². The number of nitrogens with zero attached hydrogens (tertiary/aromatic N) is 2. The molecule has 5 heteroatoms. The number of nitrogens with one attached hydrogen (secondary N) is 2. The van der Waals surface area contributed by atoms with Gasteiger partial charge in [-0.05, 0) is 37.8 Å². The van der Waals surface area contributed by atoms with Gasteiger partial charge in [-0.2, -0.15) is 0 Å². The summed E-state index contributed by atoms with van der Waals surface area (Å²) in [7, 11) is 0. The van der Waals surface area contributed by atoms with Gasteiger partial charge in [-0.15, -0.1) is 0 Å². The van der Waals surface area contributed by atoms with Gasteiger partial charge in [-0.1, -0.05) is 31.2 Å². The molecule has 0 spiro atoms. The quantitative estimate of drug-likeness (QED) is 0.644. The highest BCUT2D eigenvalue weighted by atomic mass is 16.2. The van der Waals surface area contributed by atoms with Crippen LogP contribution in [0.15, 0.2) is 29.3 Å². The lowest BCUT2D eigenvalue weighted by molar-refractivity contribution is -0.130. The fourth-order valence-electron chi connectivity index (χ4n) is 2.61. The van der Waals surface area contributed by atoms with E-state index in [0.717, 1.165) is 25.9 Å². The molecule has 0 saturated heterocycles. The minimum Gasteiger partial charge on any atom is -0.357 e. The first-order valence-corrected chi connectivity index (χ1v) is 8.53. The van der Waals surface area contributed by atoms with Crippen molar-refractivity contribution in [3.63, 3.8) is 0 Å². The molecule has 126 valence electrons. The third-order valence-electron chi connectivity index (χ3n) is 4.20. The second-order valence-electron chi connectivity index (χ2n) is 5.98. The molecule has 0 saturated carbocycles. The average Bonchev–Trinajstić information content (AvgIpc) is 2.59. The largest absolute Gasteiger partial charge is 0.357 e. The molecule has 2 rings (SSSR count). The minimum atomic E-state index is 0.0841. The first-order valence-electron chi connectivity index (χ1n) is 8.53. The lowest BCUT2D eigenvalue weighted by Gasteiger charge is -2.28. The number of amides is 1. The minimum absolute atomic E-state index is 0.0841. The van der Waals surface area contributed by atoms with Crippen LogP contribution >= 0.6 is 0 Å². The molecule has 0 fully saturated rings. The van der Waals surface area contributed by atoms with E-state index in [2.05, 4.69) is 47.7 Å². The molecule has 1 atom stereocenters. The summed E-state index contributed by atoms with van der Waals surface area (Å²) in [6.07, 6.45) is 1.94. The number of hydrogen-bond donors (Lipinski definition) is 2. The molecule has 2 N–H and O–H groups in total. The molecule has 0 bridgehead atoms. The van der Waals surface area contributed by atoms with Gasteiger partial charge in [0.25, 0.3) is 0 Å². The van der Waals surface area contributed by atoms with Gasteiger partial charge in [-0.25, -0.2) is 4.99 Å². The Bertz CT molecular complexity index is 556. The normalized spacial score (nSPS) is 15.8. The van der Waals surface area contributed by atoms with Gasteiger partial charge < -0.3 is 15.5 Å². The first-order chi connectivity index (χ1) is 11.1. The number of rotatable bonds is 5. The maximum absolute atomic E-state index is 12.4. The Hall–Kier alpha value is -2.04. The molecule has 1 amide bonds. The van der Waals surface area contributed by atoms with Gasteiger partial charge in [0.1, 0.15) is 6.54 Å². The molecule has 23 heavy (non-hydrogen) atoms. The van der Waals surface area contributed by atoms with Crippen molar-refractivity contribution in [1.29, 1.82) is 0 Å². The van der Waals surface area contributed by atoms with Crippen LogP contribution in [0, 0.1) is 0 Å². The van der Waals surface area contributed by atoms with Gasteiger partial charge >= 0.3 is 0 Å². The summed E-state index contributed by atoms with van der Waals surface area (Å²) in [5, 5.41) is 6.50. The van der Waals surface area contributed by atoms with E-state index in [0.29, 0.717) is 18.5 Å². The van der Waals surface area contributed by atoms with E-state index < -0.39 is 0 Å². The highest BCUT2D eigenvalue weighted by Gasteiger charge is 2.20. The lowest BCUT2D eigenvalue weighted by Crippen LogP contribution is -2.43. The first kappa shape index (κ1) is 17.3. The van der Waals surface area contributed by atoms with Crippen LogP contribution in [-0.2, 0) is 17.8 Å². The fourth-order valence-corrected chi connectivity index (χ4v) is 2.61. The van der Waals surface area contributed by atoms with E-state index in [1.165, 1.54) is 11.1 Å². The molecule has 1 aromatic rings. The number of aliphatic imine (C=N–C) groups is 1. The highest BCUT2D eigenvalue weighted by molar-refractivity contribution is 5.85. The van der Waals surface area contributed by atoms with Crippen molar-refractivity contribution < 1.29 is 4.79 Å². The van der Waals surface area contributed by atoms with Crippen LogP contribution in [0.4, 0.5) is 0 Å². The zero-order chi connectivity index (χ0) is 16.7. The Morgan fingerprint density at radius 2 is 2.04 bits per heavy atom. The number of fused-ring (bicyclic) bond motifs is 1. The van der Waals surface area contributed by atoms with E-state index >= 15 is 0 Å². The number of carbonyl (C=O) groups is 1. The summed E-state index contributed by atoms with van der Waals surface area (Å²) in [6, 6.07) is 8.68. The molecular formula is C18H28N4O. The average molecular weight is 316 g/mol. The maximum Gasteiger partial charge on any atom is 0.244 e. The van der Waals surface area contributed by atoms with Gasteiger partial charge in [0.2, 0.25) is 5.91 Å². The summed E-state index contributed by atoms with van der Waals surface area (Å²) in [5.41, 5.74) is 2.60. The van der Waals surface area contributed by atoms with Crippen LogP contribution in [-0.4, -0.2) is 42.4 Å². The molecule has 0 radical (unpaired) electrons. The smallest absolute Gasteiger partial charge is 0.244 e. The van der Waals surface area contributed by atoms with Crippen molar-refractivity contribution in [3.05, 3.63) is 35.4 Å². The maximum atomic E-state index is 12.4. The van der Waals surface area contributed by atoms with Crippen LogP contribution in [0.5, 0.6) is 0 Å². The van der Waals surface area contributed by atoms with Gasteiger partial charge in [0.05, 0.1) is 0 Å². The van der Waals surface area contributed by atoms with Crippen molar-refractivity contribution in [1.82, 2.24) is 15.5 Å². The highest BCUT2D eigenvalue weighted by Crippen LogP contribution is 2.18. The van der Waals surface area contributed by atoms with Crippen LogP contribution in [0.2, 0.25) is 0 Å². The predicted octanol–water partition coefficient (Wildman–Crippen LogP) is 1.92. The van der Waals surface area contributed by atoms with Crippen molar-refractivity contribution in [2.75, 3.05) is 19.6 Å². The molecule has 5 nitrogen and oxygen atoms in total. The Labute approximate surface area is 139 Å². The lowest BCUT2D eigenvalue weighted by atomic mass is 10.00. The SMILES string of the molecule is CCNC(=NCC(=O)N1CCc2ccccc2C1)NC(C)CC. The predicted molar refractivity (Wildman–Crippen MR) is 94.4 cm³/mol. The molecular weight excluding hydrogens is 288 g/mol. The van der Waals surface area contributed by atoms with Crippen LogP contribution in [0.1, 0.15) is 38.3 Å². The standard InChI is InChI=1S/C18H28N4O/c1-4-14(3)21-18(19-5-2)20-12-17(23)22-11-10-15-8-6-7-9-16(15)13-22/h6-9,14H,4-5,10-13H2,1-3H3,(H2,19,20,21). The topological polar surface area (TPSA) is 56.7 Å². The molecule has 0 aliphatic carbocycles. The summed E-state index contributed by atoms with van der Waals surface area (Å²) >= 11 is 0. The van der Waals surface area contributed by atoms with Crippen molar-refractivity contribution in [3.8, 4) is 0 Å². The molecule has 1 unspecified atom stereocenters. The van der Waals surface area contributed by atoms with Crippen molar-refractivity contribution in [2.24, 2.45) is 4.99 Å². The van der Waals surface area contributed by atoms with E-state index in [-0.39, 0.29) is 12.5 Å². The molecule has 1 aromatic carbocycles. The monoisotopic (exact) mass is 316 g/mol. The van der Waals surface area contributed by atoms with Crippen molar-refractivity contribution >= 4 is 11.9 Å². The summed E-state index contributed by atoms with van der Waals surface area (Å²) < 4.78 is 0. The summed E-state index contributed by atoms with van der Waals surface area (Å²) in [4.78, 5) is 18.8. The fraction of sp³-hybridized carbons (Fsp3) is 0.556. The number of guanidine groups is 1. The van der Waals surface area contributed by atoms with E-state index in [1.807, 2.05) is 17.9 Å². The van der Waals surface area contributed by atoms with Crippen LogP contribution in [0.3, 0.4) is 0 Å². The third-order valence-corrected chi connectivity index (χ3v) is 4.20. The zero-order valence-corrected chi connectivity index (χ0v) is 14.4. The number of benzene rings is 1. The molecule has 1 aliphatic heterocycles. The number of carbonyl (C=O) groups excluding carboxylic acids is 1. The Balaban J connectivity index is 1.94. The van der Waals surface area contributed by atoms with Gasteiger partial charge in [0, 0.05) is 25.7 Å². The van der Waals surface area contributed by atoms with E-state index in [1.54, 1.807) is 0 Å². The molecule has 0 aromatic heterocycles. The van der Waals surface area contributed by atoms with Crippen LogP contribution < -0.4 is 10.6 Å². The Morgan fingerprint density at radius 1 is 1.30 bits per heavy atom. The van der Waals surface area contributed by atoms with Crippen molar-refractivity contribution in [2.45, 2.75) is 46.2 Å². The number of hydrogen-bond acceptors (Lipinski definition) is 2. The Kier molecular flexibility index (Phi) is 6.44. The Morgan fingerprint density at radius 3 is 2.74 bits per heavy atom. The molecule has 1 heterocycles. The van der Waals surface area contributed by atoms with Gasteiger partial charge in [0.15, 0.2) is 5.96 Å².